The molecule has 166 valence electrons. The fraction of sp³-hybridized carbons (Fsp3) is 0.619. The summed E-state index contributed by atoms with van der Waals surface area (Å²) in [6, 6.07) is 5.25. The van der Waals surface area contributed by atoms with Crippen molar-refractivity contribution in [2.45, 2.75) is 51.4 Å². The second kappa shape index (κ2) is 9.88. The number of carbonyl (C=O) groups is 1. The van der Waals surface area contributed by atoms with E-state index in [0.29, 0.717) is 31.1 Å². The standard InChI is InChI=1S/C21H27F3N4O.ClH/c1-14-13-28(20(29)9-16-5-7-26-8-6-16)15(2)12-27(14)18-4-3-17(11-25)19(10-18)21(22,23)24;/h3-4,10,14-16,26H,5-9,12-13H2,1-2H3;1H/t14-,15+;/m0./s1. The molecule has 1 aromatic rings. The topological polar surface area (TPSA) is 59.4 Å². The lowest BCUT2D eigenvalue weighted by Gasteiger charge is -2.46. The summed E-state index contributed by atoms with van der Waals surface area (Å²) in [4.78, 5) is 16.6. The van der Waals surface area contributed by atoms with Gasteiger partial charge in [0.25, 0.3) is 0 Å². The van der Waals surface area contributed by atoms with Crippen molar-refractivity contribution in [1.82, 2.24) is 10.2 Å². The Labute approximate surface area is 181 Å². The second-order valence-corrected chi connectivity index (χ2v) is 8.13. The Morgan fingerprint density at radius 3 is 2.47 bits per heavy atom. The molecule has 5 nitrogen and oxygen atoms in total. The van der Waals surface area contributed by atoms with E-state index in [4.69, 9.17) is 5.26 Å². The van der Waals surface area contributed by atoms with Crippen LogP contribution in [0.4, 0.5) is 18.9 Å². The summed E-state index contributed by atoms with van der Waals surface area (Å²) < 4.78 is 40.0. The van der Waals surface area contributed by atoms with Gasteiger partial charge in [-0.2, -0.15) is 18.4 Å². The molecule has 0 unspecified atom stereocenters. The van der Waals surface area contributed by atoms with Crippen LogP contribution in [0.3, 0.4) is 0 Å². The Morgan fingerprint density at radius 1 is 1.20 bits per heavy atom. The van der Waals surface area contributed by atoms with E-state index in [1.807, 2.05) is 23.6 Å². The lowest BCUT2D eigenvalue weighted by molar-refractivity contribution is -0.137. The first-order chi connectivity index (χ1) is 13.7. The van der Waals surface area contributed by atoms with Gasteiger partial charge in [0.15, 0.2) is 0 Å². The Hall–Kier alpha value is -1.98. The zero-order valence-corrected chi connectivity index (χ0v) is 18.0. The van der Waals surface area contributed by atoms with Crippen molar-refractivity contribution in [1.29, 1.82) is 5.26 Å². The van der Waals surface area contributed by atoms with Gasteiger partial charge in [0.05, 0.1) is 17.2 Å². The van der Waals surface area contributed by atoms with Crippen LogP contribution in [0.2, 0.25) is 0 Å². The molecule has 0 bridgehead atoms. The van der Waals surface area contributed by atoms with Crippen LogP contribution in [0.15, 0.2) is 18.2 Å². The zero-order chi connectivity index (χ0) is 21.2. The van der Waals surface area contributed by atoms with Crippen molar-refractivity contribution in [3.8, 4) is 6.07 Å². The highest BCUT2D eigenvalue weighted by molar-refractivity contribution is 5.85. The minimum Gasteiger partial charge on any atom is -0.365 e. The van der Waals surface area contributed by atoms with E-state index >= 15 is 0 Å². The normalized spacial score (nSPS) is 22.9. The number of rotatable bonds is 3. The third-order valence-corrected chi connectivity index (χ3v) is 5.99. The number of halogens is 4. The van der Waals surface area contributed by atoms with E-state index in [1.54, 1.807) is 12.1 Å². The number of nitriles is 1. The van der Waals surface area contributed by atoms with Crippen molar-refractivity contribution in [2.24, 2.45) is 5.92 Å². The van der Waals surface area contributed by atoms with Crippen LogP contribution in [-0.2, 0) is 11.0 Å². The molecule has 0 radical (unpaired) electrons. The van der Waals surface area contributed by atoms with Crippen LogP contribution in [0, 0.1) is 17.2 Å². The molecule has 2 fully saturated rings. The second-order valence-electron chi connectivity index (χ2n) is 8.13. The molecule has 1 aromatic carbocycles. The van der Waals surface area contributed by atoms with Crippen LogP contribution in [0.5, 0.6) is 0 Å². The zero-order valence-electron chi connectivity index (χ0n) is 17.2. The number of piperidine rings is 1. The predicted molar refractivity (Wildman–Crippen MR) is 112 cm³/mol. The summed E-state index contributed by atoms with van der Waals surface area (Å²) in [5.74, 6) is 0.531. The minimum atomic E-state index is -4.58. The molecule has 0 aliphatic carbocycles. The van der Waals surface area contributed by atoms with Gasteiger partial charge in [-0.3, -0.25) is 4.79 Å². The first kappa shape index (κ1) is 24.3. The summed E-state index contributed by atoms with van der Waals surface area (Å²) in [5.41, 5.74) is -0.861. The molecule has 9 heteroatoms. The van der Waals surface area contributed by atoms with Gasteiger partial charge in [-0.05, 0) is 63.9 Å². The smallest absolute Gasteiger partial charge is 0.365 e. The number of nitrogens with zero attached hydrogens (tertiary/aromatic N) is 3. The van der Waals surface area contributed by atoms with Crippen LogP contribution in [0.25, 0.3) is 0 Å². The molecule has 0 aromatic heterocycles. The van der Waals surface area contributed by atoms with E-state index in [0.717, 1.165) is 32.0 Å². The number of anilines is 1. The van der Waals surface area contributed by atoms with Crippen LogP contribution < -0.4 is 10.2 Å². The maximum absolute atomic E-state index is 13.3. The summed E-state index contributed by atoms with van der Waals surface area (Å²) in [6.07, 6.45) is -2.04. The molecule has 0 spiro atoms. The average Bonchev–Trinajstić information content (AvgIpc) is 2.69. The molecule has 2 aliphatic heterocycles. The molecule has 30 heavy (non-hydrogen) atoms. The molecule has 3 rings (SSSR count). The van der Waals surface area contributed by atoms with Crippen LogP contribution >= 0.6 is 12.4 Å². The maximum Gasteiger partial charge on any atom is 0.417 e. The Morgan fingerprint density at radius 2 is 1.87 bits per heavy atom. The van der Waals surface area contributed by atoms with Gasteiger partial charge < -0.3 is 15.1 Å². The van der Waals surface area contributed by atoms with Crippen molar-refractivity contribution in [2.75, 3.05) is 31.1 Å². The molecule has 1 N–H and O–H groups in total. The van der Waals surface area contributed by atoms with Crippen molar-refractivity contribution in [3.05, 3.63) is 29.3 Å². The highest BCUT2D eigenvalue weighted by Gasteiger charge is 2.37. The van der Waals surface area contributed by atoms with Gasteiger partial charge in [0.1, 0.15) is 0 Å². The number of carbonyl (C=O) groups excluding carboxylic acids is 1. The van der Waals surface area contributed by atoms with Gasteiger partial charge in [-0.1, -0.05) is 0 Å². The van der Waals surface area contributed by atoms with Crippen molar-refractivity contribution < 1.29 is 18.0 Å². The van der Waals surface area contributed by atoms with E-state index in [1.165, 1.54) is 6.07 Å². The molecule has 2 heterocycles. The Kier molecular flexibility index (Phi) is 8.00. The van der Waals surface area contributed by atoms with Crippen LogP contribution in [-0.4, -0.2) is 49.1 Å². The molecule has 2 atom stereocenters. The van der Waals surface area contributed by atoms with Crippen LogP contribution in [0.1, 0.15) is 44.2 Å². The van der Waals surface area contributed by atoms with E-state index in [9.17, 15) is 18.0 Å². The van der Waals surface area contributed by atoms with Gasteiger partial charge in [-0.25, -0.2) is 0 Å². The predicted octanol–water partition coefficient (Wildman–Crippen LogP) is 3.81. The third-order valence-electron chi connectivity index (χ3n) is 5.99. The highest BCUT2D eigenvalue weighted by atomic mass is 35.5. The minimum absolute atomic E-state index is 0. The molecular weight excluding hydrogens is 417 g/mol. The molecule has 2 aliphatic rings. The monoisotopic (exact) mass is 444 g/mol. The first-order valence-corrected chi connectivity index (χ1v) is 10.1. The Bertz CT molecular complexity index is 789. The SMILES string of the molecule is C[C@@H]1CN(c2ccc(C#N)c(C(F)(F)F)c2)[C@@H](C)CN1C(=O)CC1CCNCC1.Cl. The largest absolute Gasteiger partial charge is 0.417 e. The van der Waals surface area contributed by atoms with Gasteiger partial charge in [0.2, 0.25) is 5.91 Å². The first-order valence-electron chi connectivity index (χ1n) is 10.1. The quantitative estimate of drug-likeness (QED) is 0.770. The Balaban J connectivity index is 0.00000320. The summed E-state index contributed by atoms with van der Waals surface area (Å²) >= 11 is 0. The lowest BCUT2D eigenvalue weighted by Crippen LogP contribution is -2.58. The van der Waals surface area contributed by atoms with Crippen molar-refractivity contribution in [3.63, 3.8) is 0 Å². The number of amides is 1. The summed E-state index contributed by atoms with van der Waals surface area (Å²) in [6.45, 7) is 6.68. The van der Waals surface area contributed by atoms with E-state index in [2.05, 4.69) is 5.32 Å². The summed E-state index contributed by atoms with van der Waals surface area (Å²) in [7, 11) is 0. The maximum atomic E-state index is 13.3. The number of piperazine rings is 1. The number of hydrogen-bond acceptors (Lipinski definition) is 4. The molecule has 1 amide bonds. The number of benzene rings is 1. The number of alkyl halides is 3. The molecular formula is C21H28ClF3N4O. The fourth-order valence-electron chi connectivity index (χ4n) is 4.33. The van der Waals surface area contributed by atoms with E-state index < -0.39 is 11.7 Å². The summed E-state index contributed by atoms with van der Waals surface area (Å²) in [5, 5.41) is 12.3. The lowest BCUT2D eigenvalue weighted by atomic mass is 9.93. The highest BCUT2D eigenvalue weighted by Crippen LogP contribution is 2.35. The van der Waals surface area contributed by atoms with E-state index in [-0.39, 0.29) is 36.0 Å². The van der Waals surface area contributed by atoms with Gasteiger partial charge in [-0.15, -0.1) is 12.4 Å². The van der Waals surface area contributed by atoms with Gasteiger partial charge in [0, 0.05) is 37.3 Å². The number of nitrogens with one attached hydrogen (secondary N) is 1. The number of hydrogen-bond donors (Lipinski definition) is 1. The fourth-order valence-corrected chi connectivity index (χ4v) is 4.33. The molecule has 2 saturated heterocycles. The average molecular weight is 445 g/mol. The third kappa shape index (κ3) is 5.38. The molecule has 0 saturated carbocycles. The van der Waals surface area contributed by atoms with Crippen molar-refractivity contribution >= 4 is 24.0 Å². The van der Waals surface area contributed by atoms with Gasteiger partial charge >= 0.3 is 6.18 Å².